The Bertz CT molecular complexity index is 1120. The largest absolute Gasteiger partial charge is 0.461 e. The highest BCUT2D eigenvalue weighted by atomic mass is 35.5. The second kappa shape index (κ2) is 7.33. The molecule has 1 aliphatic rings. The fraction of sp³-hybridized carbons (Fsp3) is 0.150. The summed E-state index contributed by atoms with van der Waals surface area (Å²) in [6.07, 6.45) is 1.47. The number of rotatable bonds is 4. The van der Waals surface area contributed by atoms with E-state index < -0.39 is 22.0 Å². The molecule has 28 heavy (non-hydrogen) atoms. The Morgan fingerprint density at radius 2 is 1.82 bits per heavy atom. The summed E-state index contributed by atoms with van der Waals surface area (Å²) in [6.45, 7) is 0.124. The van der Waals surface area contributed by atoms with E-state index in [1.54, 1.807) is 60.7 Å². The Labute approximate surface area is 167 Å². The first-order chi connectivity index (χ1) is 13.4. The number of ether oxygens (including phenoxy) is 1. The van der Waals surface area contributed by atoms with Gasteiger partial charge >= 0.3 is 5.97 Å². The molecule has 1 unspecified atom stereocenters. The smallest absolute Gasteiger partial charge is 0.308 e. The molecular formula is C20H17ClN2O4S. The third-order valence-electron chi connectivity index (χ3n) is 4.54. The van der Waals surface area contributed by atoms with Crippen molar-refractivity contribution < 1.29 is 17.9 Å². The number of carbonyl (C=O) groups is 1. The van der Waals surface area contributed by atoms with Crippen LogP contribution < -0.4 is 5.32 Å². The summed E-state index contributed by atoms with van der Waals surface area (Å²) in [4.78, 5) is 12.6. The van der Waals surface area contributed by atoms with Crippen LogP contribution in [0.15, 0.2) is 71.8 Å². The lowest BCUT2D eigenvalue weighted by Crippen LogP contribution is -2.19. The Balaban J connectivity index is 1.56. The van der Waals surface area contributed by atoms with Gasteiger partial charge in [0.2, 0.25) is 0 Å². The van der Waals surface area contributed by atoms with Gasteiger partial charge in [-0.05, 0) is 42.0 Å². The van der Waals surface area contributed by atoms with Gasteiger partial charge in [0.1, 0.15) is 11.5 Å². The number of benzene rings is 2. The quantitative estimate of drug-likeness (QED) is 0.651. The highest BCUT2D eigenvalue weighted by molar-refractivity contribution is 7.90. The molecule has 0 spiro atoms. The summed E-state index contributed by atoms with van der Waals surface area (Å²) in [7, 11) is -3.73. The van der Waals surface area contributed by atoms with E-state index in [1.165, 1.54) is 10.2 Å². The van der Waals surface area contributed by atoms with Gasteiger partial charge in [0.05, 0.1) is 23.8 Å². The van der Waals surface area contributed by atoms with Crippen molar-refractivity contribution in [2.45, 2.75) is 24.0 Å². The van der Waals surface area contributed by atoms with Gasteiger partial charge in [0.15, 0.2) is 0 Å². The maximum atomic E-state index is 12.9. The number of anilines is 1. The molecule has 4 rings (SSSR count). The molecule has 0 amide bonds. The number of para-hydroxylation sites is 1. The zero-order valence-electron chi connectivity index (χ0n) is 14.7. The van der Waals surface area contributed by atoms with Gasteiger partial charge < -0.3 is 10.1 Å². The predicted octanol–water partition coefficient (Wildman–Crippen LogP) is 3.98. The fourth-order valence-electron chi connectivity index (χ4n) is 3.17. The van der Waals surface area contributed by atoms with Crippen molar-refractivity contribution in [1.29, 1.82) is 0 Å². The van der Waals surface area contributed by atoms with Crippen LogP contribution in [-0.2, 0) is 26.2 Å². The molecule has 0 saturated carbocycles. The van der Waals surface area contributed by atoms with E-state index in [2.05, 4.69) is 5.32 Å². The molecule has 3 aromatic rings. The highest BCUT2D eigenvalue weighted by Gasteiger charge is 2.31. The number of aromatic nitrogens is 1. The van der Waals surface area contributed by atoms with Gasteiger partial charge in [-0.1, -0.05) is 35.9 Å². The normalized spacial score (nSPS) is 17.0. The number of nitrogens with zero attached hydrogens (tertiary/aromatic N) is 1. The van der Waals surface area contributed by atoms with E-state index in [-0.39, 0.29) is 17.9 Å². The Morgan fingerprint density at radius 3 is 2.61 bits per heavy atom. The first kappa shape index (κ1) is 18.6. The van der Waals surface area contributed by atoms with E-state index in [0.29, 0.717) is 16.4 Å². The third-order valence-corrected chi connectivity index (χ3v) is 6.55. The first-order valence-corrected chi connectivity index (χ1v) is 10.5. The van der Waals surface area contributed by atoms with Crippen molar-refractivity contribution in [3.05, 3.63) is 83.1 Å². The van der Waals surface area contributed by atoms with Crippen molar-refractivity contribution in [2.75, 3.05) is 5.32 Å². The highest BCUT2D eigenvalue weighted by Crippen LogP contribution is 2.34. The summed E-state index contributed by atoms with van der Waals surface area (Å²) < 4.78 is 32.5. The van der Waals surface area contributed by atoms with E-state index in [0.717, 1.165) is 5.56 Å². The molecular weight excluding hydrogens is 400 g/mol. The number of hydrogen-bond acceptors (Lipinski definition) is 5. The van der Waals surface area contributed by atoms with Crippen LogP contribution in [0.1, 0.15) is 23.7 Å². The van der Waals surface area contributed by atoms with Crippen LogP contribution in [-0.4, -0.2) is 18.4 Å². The SMILES string of the molecule is O=C(CC1Nc2ccccc2S(=O)(=O)n2cccc21)OCc1ccc(Cl)cc1. The van der Waals surface area contributed by atoms with Crippen LogP contribution in [0.3, 0.4) is 0 Å². The van der Waals surface area contributed by atoms with E-state index >= 15 is 0 Å². The van der Waals surface area contributed by atoms with Crippen LogP contribution in [0.25, 0.3) is 0 Å². The van der Waals surface area contributed by atoms with Crippen molar-refractivity contribution in [3.63, 3.8) is 0 Å². The second-order valence-electron chi connectivity index (χ2n) is 6.42. The summed E-state index contributed by atoms with van der Waals surface area (Å²) in [5.74, 6) is -0.433. The lowest BCUT2D eigenvalue weighted by Gasteiger charge is -2.17. The Morgan fingerprint density at radius 1 is 1.07 bits per heavy atom. The number of esters is 1. The van der Waals surface area contributed by atoms with E-state index in [9.17, 15) is 13.2 Å². The van der Waals surface area contributed by atoms with Gasteiger partial charge in [-0.15, -0.1) is 0 Å². The fourth-order valence-corrected chi connectivity index (χ4v) is 4.86. The molecule has 1 atom stereocenters. The number of carbonyl (C=O) groups excluding carboxylic acids is 1. The molecule has 8 heteroatoms. The molecule has 0 radical (unpaired) electrons. The molecule has 0 aliphatic carbocycles. The second-order valence-corrected chi connectivity index (χ2v) is 8.64. The zero-order chi connectivity index (χ0) is 19.7. The van der Waals surface area contributed by atoms with Crippen LogP contribution >= 0.6 is 11.6 Å². The Hall–Kier alpha value is -2.77. The van der Waals surface area contributed by atoms with Crippen LogP contribution in [0.2, 0.25) is 5.02 Å². The average Bonchev–Trinajstić information content (AvgIpc) is 3.15. The minimum Gasteiger partial charge on any atom is -0.461 e. The lowest BCUT2D eigenvalue weighted by atomic mass is 10.1. The molecule has 0 fully saturated rings. The van der Waals surface area contributed by atoms with Crippen molar-refractivity contribution in [3.8, 4) is 0 Å². The van der Waals surface area contributed by atoms with Gasteiger partial charge in [0, 0.05) is 11.2 Å². The zero-order valence-corrected chi connectivity index (χ0v) is 16.3. The van der Waals surface area contributed by atoms with Gasteiger partial charge in [-0.25, -0.2) is 12.4 Å². The molecule has 2 heterocycles. The minimum absolute atomic E-state index is 0.0124. The lowest BCUT2D eigenvalue weighted by molar-refractivity contribution is -0.145. The summed E-state index contributed by atoms with van der Waals surface area (Å²) in [6, 6.07) is 16.5. The molecule has 2 aromatic carbocycles. The molecule has 0 saturated heterocycles. The first-order valence-electron chi connectivity index (χ1n) is 8.63. The van der Waals surface area contributed by atoms with Gasteiger partial charge in [0.25, 0.3) is 10.0 Å². The monoisotopic (exact) mass is 416 g/mol. The Kier molecular flexibility index (Phi) is 4.87. The van der Waals surface area contributed by atoms with Crippen molar-refractivity contribution >= 4 is 33.3 Å². The number of nitrogens with one attached hydrogen (secondary N) is 1. The number of fused-ring (bicyclic) bond motifs is 2. The van der Waals surface area contributed by atoms with Crippen LogP contribution in [0, 0.1) is 0 Å². The average molecular weight is 417 g/mol. The molecule has 1 aliphatic heterocycles. The summed E-state index contributed by atoms with van der Waals surface area (Å²) in [5.41, 5.74) is 1.77. The maximum absolute atomic E-state index is 12.9. The predicted molar refractivity (Wildman–Crippen MR) is 106 cm³/mol. The standard InChI is InChI=1S/C20H17ClN2O4S/c21-15-9-7-14(8-10-15)13-27-20(24)12-17-18-5-3-11-23(18)28(25,26)19-6-2-1-4-16(19)22-17/h1-11,17,22H,12-13H2. The summed E-state index contributed by atoms with van der Waals surface area (Å²) in [5, 5.41) is 3.79. The third kappa shape index (κ3) is 3.50. The molecule has 144 valence electrons. The number of halogens is 1. The minimum atomic E-state index is -3.73. The topological polar surface area (TPSA) is 77.4 Å². The van der Waals surface area contributed by atoms with Gasteiger partial charge in [-0.3, -0.25) is 4.79 Å². The van der Waals surface area contributed by atoms with Crippen LogP contribution in [0.4, 0.5) is 5.69 Å². The maximum Gasteiger partial charge on any atom is 0.308 e. The van der Waals surface area contributed by atoms with E-state index in [1.807, 2.05) is 0 Å². The van der Waals surface area contributed by atoms with Gasteiger partial charge in [-0.2, -0.15) is 0 Å². The molecule has 0 bridgehead atoms. The molecule has 6 nitrogen and oxygen atoms in total. The van der Waals surface area contributed by atoms with Crippen molar-refractivity contribution in [1.82, 2.24) is 3.97 Å². The van der Waals surface area contributed by atoms with Crippen LogP contribution in [0.5, 0.6) is 0 Å². The number of hydrogen-bond donors (Lipinski definition) is 1. The molecule has 1 aromatic heterocycles. The summed E-state index contributed by atoms with van der Waals surface area (Å²) >= 11 is 5.85. The van der Waals surface area contributed by atoms with E-state index in [4.69, 9.17) is 16.3 Å². The molecule has 1 N–H and O–H groups in total. The van der Waals surface area contributed by atoms with Crippen molar-refractivity contribution in [2.24, 2.45) is 0 Å².